The average molecular weight is 451 g/mol. The molecule has 31 heavy (non-hydrogen) atoms. The van der Waals surface area contributed by atoms with E-state index in [9.17, 15) is 18.0 Å². The first-order valence-electron chi connectivity index (χ1n) is 10.5. The van der Waals surface area contributed by atoms with Gasteiger partial charge in [-0.1, -0.05) is 6.58 Å². The molecule has 1 aromatic carbocycles. The van der Waals surface area contributed by atoms with Gasteiger partial charge in [0.1, 0.15) is 0 Å². The summed E-state index contributed by atoms with van der Waals surface area (Å²) in [5.41, 5.74) is 0.423. The number of hydrogen-bond donors (Lipinski definition) is 2. The Balaban J connectivity index is 1.50. The molecule has 2 saturated heterocycles. The van der Waals surface area contributed by atoms with Gasteiger partial charge in [0.15, 0.2) is 0 Å². The van der Waals surface area contributed by atoms with Crippen molar-refractivity contribution in [2.75, 3.05) is 52.5 Å². The molecule has 0 atom stereocenters. The van der Waals surface area contributed by atoms with Crippen LogP contribution in [-0.2, 0) is 19.6 Å². The monoisotopic (exact) mass is 450 g/mol. The maximum atomic E-state index is 12.9. The highest BCUT2D eigenvalue weighted by molar-refractivity contribution is 7.89. The van der Waals surface area contributed by atoms with Crippen LogP contribution in [0.4, 0.5) is 0 Å². The molecule has 0 radical (unpaired) electrons. The van der Waals surface area contributed by atoms with Gasteiger partial charge in [0.2, 0.25) is 15.9 Å². The lowest BCUT2D eigenvalue weighted by Crippen LogP contribution is -2.46. The molecular formula is C21H30N4O5S. The molecule has 3 rings (SSSR count). The summed E-state index contributed by atoms with van der Waals surface area (Å²) in [6, 6.07) is 5.96. The number of sulfonamides is 1. The number of rotatable bonds is 8. The fourth-order valence-corrected chi connectivity index (χ4v) is 5.15. The standard InChI is InChI=1S/C21H30N4O5S/c1-2-20(26)23-18-7-10-25(11-8-18)31(28,29)19-5-3-17(4-6-19)21(27)22-9-12-24-13-15-30-16-14-24/h2-6,18H,1,7-16H2,(H,22,27)(H,23,26). The van der Waals surface area contributed by atoms with Crippen LogP contribution in [0.2, 0.25) is 0 Å². The number of amides is 2. The smallest absolute Gasteiger partial charge is 0.251 e. The quantitative estimate of drug-likeness (QED) is 0.548. The maximum Gasteiger partial charge on any atom is 0.251 e. The Kier molecular flexibility index (Phi) is 8.19. The zero-order chi connectivity index (χ0) is 22.3. The van der Waals surface area contributed by atoms with Crippen molar-refractivity contribution >= 4 is 21.8 Å². The molecular weight excluding hydrogens is 420 g/mol. The van der Waals surface area contributed by atoms with Gasteiger partial charge in [-0.3, -0.25) is 14.5 Å². The fraction of sp³-hybridized carbons (Fsp3) is 0.524. The number of piperidine rings is 1. The number of nitrogens with zero attached hydrogens (tertiary/aromatic N) is 2. The van der Waals surface area contributed by atoms with Gasteiger partial charge in [-0.05, 0) is 43.2 Å². The summed E-state index contributed by atoms with van der Waals surface area (Å²) in [6.07, 6.45) is 2.30. The molecule has 2 aliphatic heterocycles. The lowest BCUT2D eigenvalue weighted by molar-refractivity contribution is -0.117. The van der Waals surface area contributed by atoms with Crippen LogP contribution in [0.25, 0.3) is 0 Å². The topological polar surface area (TPSA) is 108 Å². The normalized spacial score (nSPS) is 19.0. The van der Waals surface area contributed by atoms with E-state index in [-0.39, 0.29) is 22.8 Å². The van der Waals surface area contributed by atoms with Crippen LogP contribution in [0.5, 0.6) is 0 Å². The molecule has 2 heterocycles. The predicted octanol–water partition coefficient (Wildman–Crippen LogP) is 0.204. The van der Waals surface area contributed by atoms with Crippen molar-refractivity contribution in [1.82, 2.24) is 19.8 Å². The SMILES string of the molecule is C=CC(=O)NC1CCN(S(=O)(=O)c2ccc(C(=O)NCCN3CCOCC3)cc2)CC1. The number of carbonyl (C=O) groups excluding carboxylic acids is 2. The lowest BCUT2D eigenvalue weighted by atomic mass is 10.1. The summed E-state index contributed by atoms with van der Waals surface area (Å²) in [4.78, 5) is 26.1. The minimum atomic E-state index is -3.64. The number of ether oxygens (including phenoxy) is 1. The molecule has 2 N–H and O–H groups in total. The third kappa shape index (κ3) is 6.36. The number of hydrogen-bond acceptors (Lipinski definition) is 6. The van der Waals surface area contributed by atoms with Gasteiger partial charge < -0.3 is 15.4 Å². The van der Waals surface area contributed by atoms with Crippen LogP contribution in [0.15, 0.2) is 41.8 Å². The molecule has 0 aromatic heterocycles. The molecule has 9 nitrogen and oxygen atoms in total. The first-order chi connectivity index (χ1) is 14.9. The van der Waals surface area contributed by atoms with Crippen molar-refractivity contribution in [3.8, 4) is 0 Å². The summed E-state index contributed by atoms with van der Waals surface area (Å²) in [5.74, 6) is -0.476. The van der Waals surface area contributed by atoms with Gasteiger partial charge in [-0.25, -0.2) is 8.42 Å². The number of carbonyl (C=O) groups is 2. The highest BCUT2D eigenvalue weighted by atomic mass is 32.2. The van der Waals surface area contributed by atoms with E-state index in [1.165, 1.54) is 34.6 Å². The highest BCUT2D eigenvalue weighted by Gasteiger charge is 2.29. The molecule has 2 aliphatic rings. The first-order valence-corrected chi connectivity index (χ1v) is 12.0. The van der Waals surface area contributed by atoms with Crippen LogP contribution < -0.4 is 10.6 Å². The van der Waals surface area contributed by atoms with Gasteiger partial charge in [0.05, 0.1) is 18.1 Å². The van der Waals surface area contributed by atoms with E-state index >= 15 is 0 Å². The first kappa shape index (κ1) is 23.4. The Labute approximate surface area is 183 Å². The van der Waals surface area contributed by atoms with Crippen molar-refractivity contribution in [1.29, 1.82) is 0 Å². The van der Waals surface area contributed by atoms with E-state index in [0.29, 0.717) is 51.3 Å². The molecule has 10 heteroatoms. The molecule has 2 amide bonds. The Morgan fingerprint density at radius 1 is 1.10 bits per heavy atom. The van der Waals surface area contributed by atoms with Crippen molar-refractivity contribution < 1.29 is 22.7 Å². The predicted molar refractivity (Wildman–Crippen MR) is 116 cm³/mol. The van der Waals surface area contributed by atoms with Crippen LogP contribution in [0.1, 0.15) is 23.2 Å². The second kappa shape index (κ2) is 10.9. The lowest BCUT2D eigenvalue weighted by Gasteiger charge is -2.31. The second-order valence-corrected chi connectivity index (χ2v) is 9.56. The van der Waals surface area contributed by atoms with Crippen LogP contribution in [-0.4, -0.2) is 88.0 Å². The average Bonchev–Trinajstić information content (AvgIpc) is 2.80. The van der Waals surface area contributed by atoms with E-state index in [1.54, 1.807) is 0 Å². The van der Waals surface area contributed by atoms with Crippen molar-refractivity contribution in [2.45, 2.75) is 23.8 Å². The Morgan fingerprint density at radius 2 is 1.74 bits per heavy atom. The van der Waals surface area contributed by atoms with Gasteiger partial charge in [-0.15, -0.1) is 0 Å². The Hall–Kier alpha value is -2.27. The summed E-state index contributed by atoms with van der Waals surface area (Å²) in [5, 5.41) is 5.68. The van der Waals surface area contributed by atoms with E-state index in [0.717, 1.165) is 19.6 Å². The zero-order valence-corrected chi connectivity index (χ0v) is 18.4. The van der Waals surface area contributed by atoms with Gasteiger partial charge in [0, 0.05) is 50.9 Å². The molecule has 2 fully saturated rings. The summed E-state index contributed by atoms with van der Waals surface area (Å²) >= 11 is 0. The molecule has 0 spiro atoms. The van der Waals surface area contributed by atoms with Crippen molar-refractivity contribution in [3.05, 3.63) is 42.5 Å². The van der Waals surface area contributed by atoms with Crippen LogP contribution in [0, 0.1) is 0 Å². The van der Waals surface area contributed by atoms with Crippen LogP contribution in [0.3, 0.4) is 0 Å². The molecule has 0 aliphatic carbocycles. The van der Waals surface area contributed by atoms with E-state index in [1.807, 2.05) is 0 Å². The molecule has 170 valence electrons. The van der Waals surface area contributed by atoms with Crippen molar-refractivity contribution in [3.63, 3.8) is 0 Å². The van der Waals surface area contributed by atoms with Crippen molar-refractivity contribution in [2.24, 2.45) is 0 Å². The Morgan fingerprint density at radius 3 is 2.35 bits per heavy atom. The van der Waals surface area contributed by atoms with E-state index in [2.05, 4.69) is 22.1 Å². The zero-order valence-electron chi connectivity index (χ0n) is 17.6. The number of morpholine rings is 1. The summed E-state index contributed by atoms with van der Waals surface area (Å²) < 4.78 is 32.5. The number of nitrogens with one attached hydrogen (secondary N) is 2. The minimum absolute atomic E-state index is 0.0551. The maximum absolute atomic E-state index is 12.9. The molecule has 1 aromatic rings. The molecule has 0 bridgehead atoms. The van der Waals surface area contributed by atoms with Crippen LogP contribution >= 0.6 is 0 Å². The fourth-order valence-electron chi connectivity index (χ4n) is 3.68. The van der Waals surface area contributed by atoms with Gasteiger partial charge >= 0.3 is 0 Å². The molecule has 0 unspecified atom stereocenters. The van der Waals surface area contributed by atoms with Gasteiger partial charge in [-0.2, -0.15) is 4.31 Å². The van der Waals surface area contributed by atoms with E-state index in [4.69, 9.17) is 4.74 Å². The number of benzene rings is 1. The largest absolute Gasteiger partial charge is 0.379 e. The summed E-state index contributed by atoms with van der Waals surface area (Å²) in [7, 11) is -3.64. The Bertz CT molecular complexity index is 874. The highest BCUT2D eigenvalue weighted by Crippen LogP contribution is 2.21. The summed E-state index contributed by atoms with van der Waals surface area (Å²) in [6.45, 7) is 8.51. The minimum Gasteiger partial charge on any atom is -0.379 e. The third-order valence-electron chi connectivity index (χ3n) is 5.56. The van der Waals surface area contributed by atoms with Gasteiger partial charge in [0.25, 0.3) is 5.91 Å². The third-order valence-corrected chi connectivity index (χ3v) is 7.47. The van der Waals surface area contributed by atoms with E-state index < -0.39 is 10.0 Å². The molecule has 0 saturated carbocycles. The second-order valence-electron chi connectivity index (χ2n) is 7.63.